The third-order valence-electron chi connectivity index (χ3n) is 4.83. The number of hydrogen-bond donors (Lipinski definition) is 2. The smallest absolute Gasteiger partial charge is 0.229 e. The fourth-order valence-electron chi connectivity index (χ4n) is 3.30. The van der Waals surface area contributed by atoms with Crippen molar-refractivity contribution < 1.29 is 4.74 Å². The van der Waals surface area contributed by atoms with Crippen LogP contribution in [0, 0.1) is 0 Å². The van der Waals surface area contributed by atoms with Crippen LogP contribution in [0.5, 0.6) is 0 Å². The summed E-state index contributed by atoms with van der Waals surface area (Å²) in [7, 11) is 0. The Hall–Kier alpha value is -3.03. The first-order chi connectivity index (χ1) is 14.4. The summed E-state index contributed by atoms with van der Waals surface area (Å²) in [6, 6.07) is 14.0. The molecule has 150 valence electrons. The number of hydrogen-bond acceptors (Lipinski definition) is 7. The first kappa shape index (κ1) is 19.3. The SMILES string of the molecule is c1cncc(-c2cccc(Nc3nccc(NCCCN4CCOCC4)n3)c2)c1. The van der Waals surface area contributed by atoms with Crippen LogP contribution >= 0.6 is 0 Å². The first-order valence-electron chi connectivity index (χ1n) is 10.0. The maximum atomic E-state index is 5.39. The molecule has 0 saturated carbocycles. The molecular formula is C22H26N6O. The van der Waals surface area contributed by atoms with E-state index in [4.69, 9.17) is 4.74 Å². The lowest BCUT2D eigenvalue weighted by molar-refractivity contribution is 0.0378. The molecule has 3 aromatic rings. The van der Waals surface area contributed by atoms with Gasteiger partial charge in [-0.05, 0) is 42.8 Å². The van der Waals surface area contributed by atoms with Crippen molar-refractivity contribution in [3.63, 3.8) is 0 Å². The number of aromatic nitrogens is 3. The van der Waals surface area contributed by atoms with Gasteiger partial charge in [0.1, 0.15) is 5.82 Å². The molecule has 1 aromatic carbocycles. The summed E-state index contributed by atoms with van der Waals surface area (Å²) < 4.78 is 5.39. The zero-order valence-electron chi connectivity index (χ0n) is 16.4. The second-order valence-corrected chi connectivity index (χ2v) is 6.95. The number of pyridine rings is 1. The molecule has 7 nitrogen and oxygen atoms in total. The first-order valence-corrected chi connectivity index (χ1v) is 10.0. The Morgan fingerprint density at radius 3 is 2.76 bits per heavy atom. The second-order valence-electron chi connectivity index (χ2n) is 6.95. The van der Waals surface area contributed by atoms with Crippen LogP contribution < -0.4 is 10.6 Å². The molecule has 0 atom stereocenters. The number of rotatable bonds is 8. The van der Waals surface area contributed by atoms with Crippen molar-refractivity contribution >= 4 is 17.5 Å². The van der Waals surface area contributed by atoms with Gasteiger partial charge in [-0.1, -0.05) is 18.2 Å². The van der Waals surface area contributed by atoms with Crippen molar-refractivity contribution in [3.05, 3.63) is 61.1 Å². The van der Waals surface area contributed by atoms with Crippen molar-refractivity contribution in [1.29, 1.82) is 0 Å². The predicted octanol–water partition coefficient (Wildman–Crippen LogP) is 3.42. The molecule has 1 aliphatic heterocycles. The van der Waals surface area contributed by atoms with Gasteiger partial charge >= 0.3 is 0 Å². The lowest BCUT2D eigenvalue weighted by Crippen LogP contribution is -2.37. The third kappa shape index (κ3) is 5.73. The molecular weight excluding hydrogens is 364 g/mol. The van der Waals surface area contributed by atoms with Gasteiger partial charge in [0.05, 0.1) is 13.2 Å². The van der Waals surface area contributed by atoms with E-state index >= 15 is 0 Å². The number of nitrogens with zero attached hydrogens (tertiary/aromatic N) is 4. The molecule has 7 heteroatoms. The van der Waals surface area contributed by atoms with E-state index in [1.54, 1.807) is 12.4 Å². The second kappa shape index (κ2) is 9.95. The summed E-state index contributed by atoms with van der Waals surface area (Å²) in [5, 5.41) is 6.68. The molecule has 0 unspecified atom stereocenters. The average Bonchev–Trinajstić information content (AvgIpc) is 2.79. The Morgan fingerprint density at radius 2 is 1.90 bits per heavy atom. The summed E-state index contributed by atoms with van der Waals surface area (Å²) in [6.45, 7) is 5.70. The highest BCUT2D eigenvalue weighted by Gasteiger charge is 2.09. The van der Waals surface area contributed by atoms with Crippen molar-refractivity contribution in [1.82, 2.24) is 19.9 Å². The summed E-state index contributed by atoms with van der Waals surface area (Å²) in [5.41, 5.74) is 3.11. The highest BCUT2D eigenvalue weighted by molar-refractivity contribution is 5.69. The Balaban J connectivity index is 1.32. The fraction of sp³-hybridized carbons (Fsp3) is 0.318. The normalized spacial score (nSPS) is 14.5. The van der Waals surface area contributed by atoms with Gasteiger partial charge in [-0.2, -0.15) is 4.98 Å². The Bertz CT molecular complexity index is 899. The number of anilines is 3. The van der Waals surface area contributed by atoms with Gasteiger partial charge in [-0.3, -0.25) is 9.88 Å². The van der Waals surface area contributed by atoms with Gasteiger partial charge in [-0.25, -0.2) is 4.98 Å². The molecule has 2 N–H and O–H groups in total. The molecule has 0 aliphatic carbocycles. The van der Waals surface area contributed by atoms with Crippen molar-refractivity contribution in [3.8, 4) is 11.1 Å². The number of ether oxygens (including phenoxy) is 1. The number of benzene rings is 1. The average molecular weight is 390 g/mol. The van der Waals surface area contributed by atoms with Crippen molar-refractivity contribution in [2.75, 3.05) is 50.0 Å². The van der Waals surface area contributed by atoms with Crippen LogP contribution in [-0.4, -0.2) is 59.2 Å². The van der Waals surface area contributed by atoms with E-state index in [2.05, 4.69) is 42.6 Å². The number of nitrogens with one attached hydrogen (secondary N) is 2. The minimum atomic E-state index is 0.575. The lowest BCUT2D eigenvalue weighted by atomic mass is 10.1. The van der Waals surface area contributed by atoms with Crippen LogP contribution in [0.15, 0.2) is 61.1 Å². The van der Waals surface area contributed by atoms with Gasteiger partial charge in [-0.15, -0.1) is 0 Å². The van der Waals surface area contributed by atoms with Gasteiger partial charge in [0, 0.05) is 49.5 Å². The van der Waals surface area contributed by atoms with Crippen LogP contribution in [0.3, 0.4) is 0 Å². The van der Waals surface area contributed by atoms with Crippen LogP contribution in [0.4, 0.5) is 17.5 Å². The molecule has 1 aliphatic rings. The molecule has 0 amide bonds. The van der Waals surface area contributed by atoms with Gasteiger partial charge in [0.2, 0.25) is 5.95 Å². The summed E-state index contributed by atoms with van der Waals surface area (Å²) >= 11 is 0. The van der Waals surface area contributed by atoms with Gasteiger partial charge < -0.3 is 15.4 Å². The Morgan fingerprint density at radius 1 is 1.00 bits per heavy atom. The van der Waals surface area contributed by atoms with E-state index < -0.39 is 0 Å². The van der Waals surface area contributed by atoms with Crippen molar-refractivity contribution in [2.45, 2.75) is 6.42 Å². The topological polar surface area (TPSA) is 75.2 Å². The summed E-state index contributed by atoms with van der Waals surface area (Å²) in [4.78, 5) is 15.5. The zero-order valence-corrected chi connectivity index (χ0v) is 16.4. The van der Waals surface area contributed by atoms with Crippen LogP contribution in [-0.2, 0) is 4.74 Å². The van der Waals surface area contributed by atoms with E-state index in [1.165, 1.54) is 0 Å². The molecule has 4 rings (SSSR count). The highest BCUT2D eigenvalue weighted by atomic mass is 16.5. The minimum absolute atomic E-state index is 0.575. The quantitative estimate of drug-likeness (QED) is 0.571. The van der Waals surface area contributed by atoms with Crippen LogP contribution in [0.25, 0.3) is 11.1 Å². The lowest BCUT2D eigenvalue weighted by Gasteiger charge is -2.26. The van der Waals surface area contributed by atoms with E-state index in [0.29, 0.717) is 5.95 Å². The van der Waals surface area contributed by atoms with Crippen LogP contribution in [0.1, 0.15) is 6.42 Å². The molecule has 2 aromatic heterocycles. The Labute approximate surface area is 171 Å². The number of morpholine rings is 1. The maximum absolute atomic E-state index is 5.39. The molecule has 29 heavy (non-hydrogen) atoms. The van der Waals surface area contributed by atoms with Crippen molar-refractivity contribution in [2.24, 2.45) is 0 Å². The minimum Gasteiger partial charge on any atom is -0.379 e. The molecule has 3 heterocycles. The summed E-state index contributed by atoms with van der Waals surface area (Å²) in [6.07, 6.45) is 6.47. The van der Waals surface area contributed by atoms with Crippen LogP contribution in [0.2, 0.25) is 0 Å². The van der Waals surface area contributed by atoms with E-state index in [9.17, 15) is 0 Å². The van der Waals surface area contributed by atoms with Gasteiger partial charge in [0.15, 0.2) is 0 Å². The standard InChI is InChI=1S/C22H26N6O/c1-4-18(19-5-2-8-23-17-19)16-20(6-1)26-22-25-10-7-21(27-22)24-9-3-11-28-12-14-29-15-13-28/h1-2,4-8,10,16-17H,3,9,11-15H2,(H2,24,25,26,27). The largest absolute Gasteiger partial charge is 0.379 e. The maximum Gasteiger partial charge on any atom is 0.229 e. The molecule has 1 fully saturated rings. The monoisotopic (exact) mass is 390 g/mol. The van der Waals surface area contributed by atoms with E-state index in [0.717, 1.165) is 68.4 Å². The fourth-order valence-corrected chi connectivity index (χ4v) is 3.30. The Kier molecular flexibility index (Phi) is 6.62. The summed E-state index contributed by atoms with van der Waals surface area (Å²) in [5.74, 6) is 1.40. The molecule has 1 saturated heterocycles. The third-order valence-corrected chi connectivity index (χ3v) is 4.83. The zero-order chi connectivity index (χ0) is 19.7. The van der Waals surface area contributed by atoms with Gasteiger partial charge in [0.25, 0.3) is 0 Å². The highest BCUT2D eigenvalue weighted by Crippen LogP contribution is 2.23. The van der Waals surface area contributed by atoms with E-state index in [-0.39, 0.29) is 0 Å². The molecule has 0 bridgehead atoms. The molecule has 0 radical (unpaired) electrons. The molecule has 0 spiro atoms. The predicted molar refractivity (Wildman–Crippen MR) is 115 cm³/mol. The van der Waals surface area contributed by atoms with E-state index in [1.807, 2.05) is 36.5 Å².